The molecular weight excluding hydrogens is 410 g/mol. The molecule has 9 nitrogen and oxygen atoms in total. The van der Waals surface area contributed by atoms with Crippen LogP contribution in [0.5, 0.6) is 0 Å². The van der Waals surface area contributed by atoms with Crippen molar-refractivity contribution in [1.82, 2.24) is 24.6 Å². The van der Waals surface area contributed by atoms with Crippen molar-refractivity contribution in [2.45, 2.75) is 12.1 Å². The first-order chi connectivity index (χ1) is 14.1. The summed E-state index contributed by atoms with van der Waals surface area (Å²) < 4.78 is 7.47. The third-order valence-electron chi connectivity index (χ3n) is 4.64. The molecule has 0 atom stereocenters. The minimum Gasteiger partial charge on any atom is -0.424 e. The Bertz CT molecular complexity index is 1040. The molecule has 0 aromatic carbocycles. The number of rotatable bonds is 5. The number of oxazole rings is 1. The fourth-order valence-corrected chi connectivity index (χ4v) is 4.70. The molecule has 0 spiro atoms. The van der Waals surface area contributed by atoms with Crippen LogP contribution in [0.15, 0.2) is 27.1 Å². The van der Waals surface area contributed by atoms with Crippen LogP contribution in [-0.4, -0.2) is 62.5 Å². The molecule has 4 rings (SSSR count). The predicted molar refractivity (Wildman–Crippen MR) is 110 cm³/mol. The van der Waals surface area contributed by atoms with E-state index in [1.165, 1.54) is 11.8 Å². The van der Waals surface area contributed by atoms with Gasteiger partial charge in [-0.25, -0.2) is 4.98 Å². The highest BCUT2D eigenvalue weighted by molar-refractivity contribution is 7.99. The number of aromatic nitrogens is 4. The number of carbonyl (C=O) groups excluding carboxylic acids is 1. The zero-order valence-corrected chi connectivity index (χ0v) is 17.7. The first kappa shape index (κ1) is 19.5. The van der Waals surface area contributed by atoms with Gasteiger partial charge in [0.05, 0.1) is 10.6 Å². The Morgan fingerprint density at radius 3 is 2.83 bits per heavy atom. The highest BCUT2D eigenvalue weighted by Gasteiger charge is 2.26. The Balaban J connectivity index is 1.32. The monoisotopic (exact) mass is 429 g/mol. The molecule has 0 N–H and O–H groups in total. The van der Waals surface area contributed by atoms with Gasteiger partial charge in [-0.05, 0) is 11.4 Å². The summed E-state index contributed by atoms with van der Waals surface area (Å²) >= 11 is 3.00. The number of anilines is 1. The fraction of sp³-hybridized carbons (Fsp3) is 0.389. The topological polar surface area (TPSA) is 104 Å². The van der Waals surface area contributed by atoms with E-state index >= 15 is 0 Å². The Labute approximate surface area is 176 Å². The van der Waals surface area contributed by atoms with Gasteiger partial charge in [-0.3, -0.25) is 4.79 Å². The lowest BCUT2D eigenvalue weighted by Gasteiger charge is -2.34. The Hall–Kier alpha value is -2.84. The van der Waals surface area contributed by atoms with Crippen molar-refractivity contribution >= 4 is 34.9 Å². The van der Waals surface area contributed by atoms with Gasteiger partial charge in [0.1, 0.15) is 6.07 Å². The molecule has 150 valence electrons. The van der Waals surface area contributed by atoms with Crippen LogP contribution in [0.2, 0.25) is 0 Å². The third-order valence-corrected chi connectivity index (χ3v) is 6.51. The van der Waals surface area contributed by atoms with Gasteiger partial charge in [0.15, 0.2) is 16.9 Å². The second-order valence-electron chi connectivity index (χ2n) is 6.50. The quantitative estimate of drug-likeness (QED) is 0.568. The van der Waals surface area contributed by atoms with Gasteiger partial charge < -0.3 is 18.8 Å². The lowest BCUT2D eigenvalue weighted by molar-refractivity contribution is -0.128. The summed E-state index contributed by atoms with van der Waals surface area (Å²) in [5.41, 5.74) is 0.293. The van der Waals surface area contributed by atoms with Gasteiger partial charge in [0.25, 0.3) is 0 Å². The van der Waals surface area contributed by atoms with Gasteiger partial charge in [-0.2, -0.15) is 5.26 Å². The molecule has 4 heterocycles. The van der Waals surface area contributed by atoms with Crippen LogP contribution >= 0.6 is 23.1 Å². The summed E-state index contributed by atoms with van der Waals surface area (Å²) in [7, 11) is 1.91. The van der Waals surface area contributed by atoms with Crippen LogP contribution in [0.25, 0.3) is 10.7 Å². The highest BCUT2D eigenvalue weighted by Crippen LogP contribution is 2.26. The second kappa shape index (κ2) is 8.26. The number of hydrogen-bond acceptors (Lipinski definition) is 9. The van der Waals surface area contributed by atoms with E-state index in [4.69, 9.17) is 4.42 Å². The maximum atomic E-state index is 12.6. The number of hydrogen-bond donors (Lipinski definition) is 0. The molecular formula is C18H19N7O2S2. The zero-order chi connectivity index (χ0) is 20.4. The smallest absolute Gasteiger partial charge is 0.234 e. The highest BCUT2D eigenvalue weighted by atomic mass is 32.2. The molecule has 0 bridgehead atoms. The lowest BCUT2D eigenvalue weighted by Crippen LogP contribution is -2.49. The van der Waals surface area contributed by atoms with Crippen LogP contribution in [0.4, 0.5) is 5.88 Å². The van der Waals surface area contributed by atoms with E-state index in [1.807, 2.05) is 38.9 Å². The van der Waals surface area contributed by atoms with Crippen LogP contribution in [0.3, 0.4) is 0 Å². The maximum Gasteiger partial charge on any atom is 0.234 e. The number of piperazine rings is 1. The number of thioether (sulfide) groups is 1. The number of carbonyl (C=O) groups is 1. The molecule has 1 saturated heterocycles. The zero-order valence-electron chi connectivity index (χ0n) is 16.0. The number of aryl methyl sites for hydroxylation is 1. The molecule has 29 heavy (non-hydrogen) atoms. The number of amides is 1. The molecule has 0 unspecified atom stereocenters. The second-order valence-corrected chi connectivity index (χ2v) is 8.39. The van der Waals surface area contributed by atoms with Gasteiger partial charge in [0, 0.05) is 40.2 Å². The van der Waals surface area contributed by atoms with E-state index in [1.54, 1.807) is 18.3 Å². The summed E-state index contributed by atoms with van der Waals surface area (Å²) in [4.78, 5) is 21.6. The molecule has 1 amide bonds. The number of thiophene rings is 1. The number of nitrogens with zero attached hydrogens (tertiary/aromatic N) is 7. The number of nitriles is 1. The van der Waals surface area contributed by atoms with Gasteiger partial charge in [0.2, 0.25) is 17.5 Å². The van der Waals surface area contributed by atoms with Crippen LogP contribution in [0.1, 0.15) is 11.6 Å². The summed E-state index contributed by atoms with van der Waals surface area (Å²) in [5.74, 6) is 2.13. The van der Waals surface area contributed by atoms with Crippen molar-refractivity contribution < 1.29 is 9.21 Å². The van der Waals surface area contributed by atoms with Crippen molar-refractivity contribution in [3.05, 3.63) is 29.1 Å². The van der Waals surface area contributed by atoms with Gasteiger partial charge in [-0.15, -0.1) is 21.5 Å². The SMILES string of the molecule is Cc1nc(C#N)c(N2CCN(C(=O)CSc3nnc(-c4cccs4)n3C)CC2)o1. The average Bonchev–Trinajstić information content (AvgIpc) is 3.46. The molecule has 1 aliphatic heterocycles. The van der Waals surface area contributed by atoms with E-state index in [-0.39, 0.29) is 5.91 Å². The molecule has 3 aromatic rings. The Morgan fingerprint density at radius 2 is 2.14 bits per heavy atom. The van der Waals surface area contributed by atoms with E-state index in [0.29, 0.717) is 49.4 Å². The van der Waals surface area contributed by atoms with Crippen molar-refractivity contribution in [3.63, 3.8) is 0 Å². The first-order valence-corrected chi connectivity index (χ1v) is 10.9. The minimum atomic E-state index is 0.0598. The summed E-state index contributed by atoms with van der Waals surface area (Å²) in [6.07, 6.45) is 0. The Kier molecular flexibility index (Phi) is 5.55. The van der Waals surface area contributed by atoms with Gasteiger partial charge in [-0.1, -0.05) is 17.8 Å². The third kappa shape index (κ3) is 3.99. The normalized spacial score (nSPS) is 14.2. The summed E-state index contributed by atoms with van der Waals surface area (Å²) in [6.45, 7) is 4.07. The predicted octanol–water partition coefficient (Wildman–Crippen LogP) is 2.15. The average molecular weight is 430 g/mol. The molecule has 11 heteroatoms. The van der Waals surface area contributed by atoms with E-state index in [2.05, 4.69) is 21.3 Å². The van der Waals surface area contributed by atoms with Crippen LogP contribution in [-0.2, 0) is 11.8 Å². The summed E-state index contributed by atoms with van der Waals surface area (Å²) in [6, 6.07) is 6.04. The largest absolute Gasteiger partial charge is 0.424 e. The van der Waals surface area contributed by atoms with E-state index in [0.717, 1.165) is 15.9 Å². The van der Waals surface area contributed by atoms with Gasteiger partial charge >= 0.3 is 0 Å². The summed E-state index contributed by atoms with van der Waals surface area (Å²) in [5, 5.41) is 20.4. The maximum absolute atomic E-state index is 12.6. The van der Waals surface area contributed by atoms with Crippen LogP contribution in [0, 0.1) is 18.3 Å². The Morgan fingerprint density at radius 1 is 1.34 bits per heavy atom. The first-order valence-electron chi connectivity index (χ1n) is 9.03. The van der Waals surface area contributed by atoms with E-state index < -0.39 is 0 Å². The van der Waals surface area contributed by atoms with Crippen molar-refractivity contribution in [3.8, 4) is 16.8 Å². The van der Waals surface area contributed by atoms with E-state index in [9.17, 15) is 10.1 Å². The lowest BCUT2D eigenvalue weighted by atomic mass is 10.3. The molecule has 1 aliphatic rings. The molecule has 1 fully saturated rings. The fourth-order valence-electron chi connectivity index (χ4n) is 3.14. The molecule has 0 radical (unpaired) electrons. The van der Waals surface area contributed by atoms with Crippen LogP contribution < -0.4 is 4.90 Å². The van der Waals surface area contributed by atoms with Crippen molar-refractivity contribution in [2.24, 2.45) is 7.05 Å². The molecule has 3 aromatic heterocycles. The molecule has 0 saturated carbocycles. The molecule has 0 aliphatic carbocycles. The van der Waals surface area contributed by atoms with Crippen molar-refractivity contribution in [2.75, 3.05) is 36.8 Å². The minimum absolute atomic E-state index is 0.0598. The standard InChI is InChI=1S/C18H19N7O2S2/c1-12-20-13(10-19)17(27-12)25-7-5-24(6-8-25)15(26)11-29-18-22-21-16(23(18)2)14-4-3-9-28-14/h3-4,9H,5-8,11H2,1-2H3. The van der Waals surface area contributed by atoms with Crippen molar-refractivity contribution in [1.29, 1.82) is 5.26 Å².